The van der Waals surface area contributed by atoms with Crippen LogP contribution in [-0.4, -0.2) is 28.1 Å². The molecule has 1 aliphatic rings. The molecule has 3 aromatic rings. The third-order valence-corrected chi connectivity index (χ3v) is 4.25. The SMILES string of the molecule is Cl.NN1CCC(c2nc(-c3ccccc3)c3ccccc3n2)C1. The van der Waals surface area contributed by atoms with Crippen LogP contribution in [0.4, 0.5) is 0 Å². The average molecular weight is 327 g/mol. The van der Waals surface area contributed by atoms with E-state index in [0.717, 1.165) is 47.5 Å². The summed E-state index contributed by atoms with van der Waals surface area (Å²) in [6.07, 6.45) is 1.02. The van der Waals surface area contributed by atoms with Gasteiger partial charge < -0.3 is 0 Å². The molecule has 118 valence electrons. The Morgan fingerprint density at radius 2 is 1.70 bits per heavy atom. The Labute approximate surface area is 141 Å². The van der Waals surface area contributed by atoms with Gasteiger partial charge in [0.05, 0.1) is 11.2 Å². The molecule has 0 aliphatic carbocycles. The van der Waals surface area contributed by atoms with Gasteiger partial charge in [0.1, 0.15) is 5.82 Å². The summed E-state index contributed by atoms with van der Waals surface area (Å²) < 4.78 is 0. The molecule has 0 amide bonds. The number of aromatic nitrogens is 2. The molecule has 0 bridgehead atoms. The molecule has 1 fully saturated rings. The summed E-state index contributed by atoms with van der Waals surface area (Å²) in [5.74, 6) is 7.13. The van der Waals surface area contributed by atoms with Crippen LogP contribution >= 0.6 is 12.4 Å². The van der Waals surface area contributed by atoms with Gasteiger partial charge in [-0.25, -0.2) is 15.0 Å². The number of nitrogens with two attached hydrogens (primary N) is 1. The van der Waals surface area contributed by atoms with E-state index >= 15 is 0 Å². The van der Waals surface area contributed by atoms with Crippen molar-refractivity contribution in [3.05, 3.63) is 60.4 Å². The van der Waals surface area contributed by atoms with E-state index in [0.29, 0.717) is 5.92 Å². The molecule has 1 aliphatic heterocycles. The summed E-state index contributed by atoms with van der Waals surface area (Å²) in [4.78, 5) is 9.68. The predicted molar refractivity (Wildman–Crippen MR) is 95.3 cm³/mol. The first-order valence-electron chi connectivity index (χ1n) is 7.63. The molecule has 2 heterocycles. The second-order valence-electron chi connectivity index (χ2n) is 5.79. The number of halogens is 1. The minimum absolute atomic E-state index is 0. The van der Waals surface area contributed by atoms with Gasteiger partial charge >= 0.3 is 0 Å². The van der Waals surface area contributed by atoms with Gasteiger partial charge in [0, 0.05) is 30.0 Å². The highest BCUT2D eigenvalue weighted by atomic mass is 35.5. The third kappa shape index (κ3) is 3.06. The molecule has 1 saturated heterocycles. The summed E-state index contributed by atoms with van der Waals surface area (Å²) in [6.45, 7) is 1.73. The Bertz CT molecular complexity index is 806. The second-order valence-corrected chi connectivity index (χ2v) is 5.79. The monoisotopic (exact) mass is 326 g/mol. The lowest BCUT2D eigenvalue weighted by Gasteiger charge is -2.13. The highest BCUT2D eigenvalue weighted by Gasteiger charge is 2.25. The van der Waals surface area contributed by atoms with Crippen molar-refractivity contribution in [2.24, 2.45) is 5.84 Å². The molecule has 23 heavy (non-hydrogen) atoms. The lowest BCUT2D eigenvalue weighted by molar-refractivity contribution is 0.348. The molecular formula is C18H19ClN4. The Hall–Kier alpha value is -2.01. The zero-order valence-electron chi connectivity index (χ0n) is 12.7. The Morgan fingerprint density at radius 1 is 0.957 bits per heavy atom. The molecule has 0 saturated carbocycles. The van der Waals surface area contributed by atoms with Crippen LogP contribution in [0.3, 0.4) is 0 Å². The smallest absolute Gasteiger partial charge is 0.134 e. The van der Waals surface area contributed by atoms with Crippen LogP contribution in [0.15, 0.2) is 54.6 Å². The fraction of sp³-hybridized carbons (Fsp3) is 0.222. The highest BCUT2D eigenvalue weighted by Crippen LogP contribution is 2.30. The molecular weight excluding hydrogens is 308 g/mol. The van der Waals surface area contributed by atoms with Crippen molar-refractivity contribution in [1.82, 2.24) is 15.0 Å². The molecule has 2 N–H and O–H groups in total. The van der Waals surface area contributed by atoms with E-state index in [1.807, 2.05) is 35.3 Å². The first-order chi connectivity index (χ1) is 10.8. The van der Waals surface area contributed by atoms with Crippen LogP contribution in [0, 0.1) is 0 Å². The number of rotatable bonds is 2. The molecule has 0 radical (unpaired) electrons. The van der Waals surface area contributed by atoms with E-state index in [9.17, 15) is 0 Å². The van der Waals surface area contributed by atoms with Crippen molar-refractivity contribution in [3.63, 3.8) is 0 Å². The van der Waals surface area contributed by atoms with Crippen molar-refractivity contribution in [2.45, 2.75) is 12.3 Å². The standard InChI is InChI=1S/C18H18N4.ClH/c19-22-11-10-14(12-22)18-20-16-9-5-4-8-15(16)17(21-18)13-6-2-1-3-7-13;/h1-9,14H,10-12,19H2;1H. The van der Waals surface area contributed by atoms with Gasteiger partial charge in [-0.15, -0.1) is 12.4 Å². The molecule has 4 rings (SSSR count). The van der Waals surface area contributed by atoms with Crippen LogP contribution < -0.4 is 5.84 Å². The third-order valence-electron chi connectivity index (χ3n) is 4.25. The van der Waals surface area contributed by atoms with Crippen molar-refractivity contribution < 1.29 is 0 Å². The van der Waals surface area contributed by atoms with Crippen LogP contribution in [-0.2, 0) is 0 Å². The molecule has 2 aromatic carbocycles. The fourth-order valence-corrected chi connectivity index (χ4v) is 3.09. The van der Waals surface area contributed by atoms with E-state index < -0.39 is 0 Å². The van der Waals surface area contributed by atoms with Gasteiger partial charge in [-0.2, -0.15) is 0 Å². The van der Waals surface area contributed by atoms with Crippen LogP contribution in [0.25, 0.3) is 22.2 Å². The van der Waals surface area contributed by atoms with Crippen LogP contribution in [0.5, 0.6) is 0 Å². The molecule has 0 spiro atoms. The largest absolute Gasteiger partial charge is 0.269 e. The maximum absolute atomic E-state index is 5.90. The molecule has 1 aromatic heterocycles. The number of benzene rings is 2. The lowest BCUT2D eigenvalue weighted by Crippen LogP contribution is -2.27. The van der Waals surface area contributed by atoms with Gasteiger partial charge in [-0.05, 0) is 12.5 Å². The Balaban J connectivity index is 0.00000156. The first kappa shape index (κ1) is 15.9. The number of hydrogen-bond acceptors (Lipinski definition) is 4. The number of fused-ring (bicyclic) bond motifs is 1. The number of nitrogens with zero attached hydrogens (tertiary/aromatic N) is 3. The van der Waals surface area contributed by atoms with E-state index in [4.69, 9.17) is 15.8 Å². The fourth-order valence-electron chi connectivity index (χ4n) is 3.09. The minimum atomic E-state index is 0. The van der Waals surface area contributed by atoms with E-state index in [2.05, 4.69) is 24.3 Å². The zero-order valence-corrected chi connectivity index (χ0v) is 13.5. The van der Waals surface area contributed by atoms with E-state index in [1.165, 1.54) is 0 Å². The average Bonchev–Trinajstić information content (AvgIpc) is 3.01. The van der Waals surface area contributed by atoms with Crippen LogP contribution in [0.2, 0.25) is 0 Å². The normalized spacial score (nSPS) is 18.0. The van der Waals surface area contributed by atoms with Crippen molar-refractivity contribution in [3.8, 4) is 11.3 Å². The second kappa shape index (κ2) is 6.62. The maximum Gasteiger partial charge on any atom is 0.134 e. The summed E-state index contributed by atoms with van der Waals surface area (Å²) in [5, 5.41) is 2.95. The Kier molecular flexibility index (Phi) is 4.57. The molecule has 4 nitrogen and oxygen atoms in total. The quantitative estimate of drug-likeness (QED) is 0.733. The number of para-hydroxylation sites is 1. The summed E-state index contributed by atoms with van der Waals surface area (Å²) in [7, 11) is 0. The maximum atomic E-state index is 5.90. The highest BCUT2D eigenvalue weighted by molar-refractivity contribution is 5.92. The van der Waals surface area contributed by atoms with Gasteiger partial charge in [-0.1, -0.05) is 48.5 Å². The Morgan fingerprint density at radius 3 is 2.43 bits per heavy atom. The van der Waals surface area contributed by atoms with Crippen molar-refractivity contribution in [1.29, 1.82) is 0 Å². The van der Waals surface area contributed by atoms with Crippen molar-refractivity contribution in [2.75, 3.05) is 13.1 Å². The van der Waals surface area contributed by atoms with Crippen LogP contribution in [0.1, 0.15) is 18.2 Å². The van der Waals surface area contributed by atoms with E-state index in [-0.39, 0.29) is 12.4 Å². The summed E-state index contributed by atoms with van der Waals surface area (Å²) in [5.41, 5.74) is 3.14. The molecule has 5 heteroatoms. The van der Waals surface area contributed by atoms with Gasteiger partial charge in [0.15, 0.2) is 0 Å². The molecule has 1 unspecified atom stereocenters. The van der Waals surface area contributed by atoms with Gasteiger partial charge in [-0.3, -0.25) is 5.84 Å². The summed E-state index contributed by atoms with van der Waals surface area (Å²) in [6, 6.07) is 18.5. The minimum Gasteiger partial charge on any atom is -0.269 e. The van der Waals surface area contributed by atoms with Gasteiger partial charge in [0.2, 0.25) is 0 Å². The van der Waals surface area contributed by atoms with Crippen molar-refractivity contribution >= 4 is 23.3 Å². The molecule has 1 atom stereocenters. The first-order valence-corrected chi connectivity index (χ1v) is 7.63. The number of hydrogen-bond donors (Lipinski definition) is 1. The number of hydrazine groups is 1. The topological polar surface area (TPSA) is 55.0 Å². The zero-order chi connectivity index (χ0) is 14.9. The van der Waals surface area contributed by atoms with Gasteiger partial charge in [0.25, 0.3) is 0 Å². The lowest BCUT2D eigenvalue weighted by atomic mass is 10.0. The van der Waals surface area contributed by atoms with E-state index in [1.54, 1.807) is 0 Å². The predicted octanol–water partition coefficient (Wildman–Crippen LogP) is 3.38. The summed E-state index contributed by atoms with van der Waals surface area (Å²) >= 11 is 0.